The van der Waals surface area contributed by atoms with E-state index >= 15 is 0 Å². The molecule has 2 rings (SSSR count). The Kier molecular flexibility index (Phi) is 4.65. The van der Waals surface area contributed by atoms with E-state index in [1.807, 2.05) is 6.07 Å². The van der Waals surface area contributed by atoms with Crippen molar-refractivity contribution < 1.29 is 4.74 Å². The normalized spacial score (nSPS) is 12.2. The van der Waals surface area contributed by atoms with Gasteiger partial charge in [-0.2, -0.15) is 0 Å². The Morgan fingerprint density at radius 1 is 1.05 bits per heavy atom. The zero-order chi connectivity index (χ0) is 13.8. The first kappa shape index (κ1) is 14.1. The van der Waals surface area contributed by atoms with E-state index in [9.17, 15) is 0 Å². The molecule has 0 spiro atoms. The van der Waals surface area contributed by atoms with E-state index in [4.69, 9.17) is 4.74 Å². The van der Waals surface area contributed by atoms with Gasteiger partial charge >= 0.3 is 0 Å². The zero-order valence-corrected chi connectivity index (χ0v) is 13.2. The van der Waals surface area contributed by atoms with Crippen LogP contribution in [0.15, 0.2) is 42.5 Å². The van der Waals surface area contributed by atoms with Crippen molar-refractivity contribution in [2.75, 3.05) is 7.11 Å². The second kappa shape index (κ2) is 6.25. The van der Waals surface area contributed by atoms with Crippen molar-refractivity contribution in [3.63, 3.8) is 0 Å². The van der Waals surface area contributed by atoms with Crippen LogP contribution in [0.5, 0.6) is 5.75 Å². The molecule has 2 heteroatoms. The smallest absolute Gasteiger partial charge is 0.119 e. The topological polar surface area (TPSA) is 9.23 Å². The summed E-state index contributed by atoms with van der Waals surface area (Å²) < 4.78 is 5.25. The van der Waals surface area contributed by atoms with Gasteiger partial charge in [0, 0.05) is 4.83 Å². The number of aryl methyl sites for hydroxylation is 2. The van der Waals surface area contributed by atoms with E-state index in [0.717, 1.165) is 12.2 Å². The first-order valence-electron chi connectivity index (χ1n) is 6.44. The van der Waals surface area contributed by atoms with Crippen molar-refractivity contribution in [1.29, 1.82) is 0 Å². The van der Waals surface area contributed by atoms with Crippen LogP contribution in [0.2, 0.25) is 0 Å². The summed E-state index contributed by atoms with van der Waals surface area (Å²) in [5.74, 6) is 0.913. The van der Waals surface area contributed by atoms with Gasteiger partial charge in [0.25, 0.3) is 0 Å². The Morgan fingerprint density at radius 3 is 2.32 bits per heavy atom. The molecular formula is C17H19BrO. The second-order valence-corrected chi connectivity index (χ2v) is 5.99. The lowest BCUT2D eigenvalue weighted by molar-refractivity contribution is 0.414. The summed E-state index contributed by atoms with van der Waals surface area (Å²) in [4.78, 5) is 0.334. The number of hydrogen-bond donors (Lipinski definition) is 0. The molecule has 1 atom stereocenters. The van der Waals surface area contributed by atoms with Crippen molar-refractivity contribution in [3.8, 4) is 5.75 Å². The maximum Gasteiger partial charge on any atom is 0.119 e. The van der Waals surface area contributed by atoms with Gasteiger partial charge in [0.2, 0.25) is 0 Å². The molecule has 19 heavy (non-hydrogen) atoms. The average molecular weight is 319 g/mol. The molecule has 0 saturated carbocycles. The van der Waals surface area contributed by atoms with E-state index in [1.165, 1.54) is 22.3 Å². The number of methoxy groups -OCH3 is 1. The van der Waals surface area contributed by atoms with Gasteiger partial charge in [0.05, 0.1) is 7.11 Å². The summed E-state index contributed by atoms with van der Waals surface area (Å²) in [5.41, 5.74) is 5.23. The van der Waals surface area contributed by atoms with Crippen molar-refractivity contribution in [2.24, 2.45) is 0 Å². The SMILES string of the molecule is COc1ccc(C(Br)Cc2ccc(C)cc2)c(C)c1. The predicted molar refractivity (Wildman–Crippen MR) is 84.3 cm³/mol. The number of hydrogen-bond acceptors (Lipinski definition) is 1. The summed E-state index contributed by atoms with van der Waals surface area (Å²) in [6.45, 7) is 4.24. The Bertz CT molecular complexity index is 546. The third kappa shape index (κ3) is 3.60. The van der Waals surface area contributed by atoms with E-state index < -0.39 is 0 Å². The lowest BCUT2D eigenvalue weighted by Crippen LogP contribution is -1.98. The monoisotopic (exact) mass is 318 g/mol. The predicted octanol–water partition coefficient (Wildman–Crippen LogP) is 4.99. The fourth-order valence-electron chi connectivity index (χ4n) is 2.17. The highest BCUT2D eigenvalue weighted by Crippen LogP contribution is 2.31. The maximum absolute atomic E-state index is 5.25. The molecule has 100 valence electrons. The van der Waals surface area contributed by atoms with Crippen molar-refractivity contribution in [2.45, 2.75) is 25.1 Å². The number of ether oxygens (including phenoxy) is 1. The first-order chi connectivity index (χ1) is 9.10. The molecule has 0 aromatic heterocycles. The highest BCUT2D eigenvalue weighted by molar-refractivity contribution is 9.09. The molecule has 2 aromatic carbocycles. The van der Waals surface area contributed by atoms with Crippen LogP contribution < -0.4 is 4.74 Å². The third-order valence-electron chi connectivity index (χ3n) is 3.35. The van der Waals surface area contributed by atoms with E-state index in [-0.39, 0.29) is 0 Å². The van der Waals surface area contributed by atoms with Gasteiger partial charge in [-0.3, -0.25) is 0 Å². The van der Waals surface area contributed by atoms with Gasteiger partial charge < -0.3 is 4.74 Å². The third-order valence-corrected chi connectivity index (χ3v) is 4.17. The minimum atomic E-state index is 0.334. The molecule has 1 unspecified atom stereocenters. The average Bonchev–Trinajstić information content (AvgIpc) is 2.41. The van der Waals surface area contributed by atoms with Gasteiger partial charge in [0.1, 0.15) is 5.75 Å². The van der Waals surface area contributed by atoms with Gasteiger partial charge in [0.15, 0.2) is 0 Å². The van der Waals surface area contributed by atoms with E-state index in [2.05, 4.69) is 66.2 Å². The molecule has 2 aromatic rings. The fourth-order valence-corrected chi connectivity index (χ4v) is 3.06. The van der Waals surface area contributed by atoms with Crippen LogP contribution in [0.4, 0.5) is 0 Å². The summed E-state index contributed by atoms with van der Waals surface area (Å²) in [7, 11) is 1.70. The largest absolute Gasteiger partial charge is 0.497 e. The van der Waals surface area contributed by atoms with Crippen LogP contribution in [0.25, 0.3) is 0 Å². The Labute approximate surface area is 123 Å². The molecule has 0 aliphatic carbocycles. The van der Waals surface area contributed by atoms with Crippen LogP contribution in [-0.2, 0) is 6.42 Å². The first-order valence-corrected chi connectivity index (χ1v) is 7.36. The van der Waals surface area contributed by atoms with Crippen molar-refractivity contribution >= 4 is 15.9 Å². The van der Waals surface area contributed by atoms with Crippen LogP contribution in [0, 0.1) is 13.8 Å². The number of rotatable bonds is 4. The van der Waals surface area contributed by atoms with Crippen LogP contribution in [-0.4, -0.2) is 7.11 Å². The van der Waals surface area contributed by atoms with Gasteiger partial charge in [-0.1, -0.05) is 51.8 Å². The molecule has 0 aliphatic rings. The number of halogens is 1. The molecule has 0 N–H and O–H groups in total. The van der Waals surface area contributed by atoms with Crippen LogP contribution in [0.1, 0.15) is 27.1 Å². The number of alkyl halides is 1. The molecule has 0 heterocycles. The minimum Gasteiger partial charge on any atom is -0.497 e. The lowest BCUT2D eigenvalue weighted by atomic mass is 9.99. The van der Waals surface area contributed by atoms with E-state index in [1.54, 1.807) is 7.11 Å². The lowest BCUT2D eigenvalue weighted by Gasteiger charge is -2.14. The second-order valence-electron chi connectivity index (χ2n) is 4.88. The Morgan fingerprint density at radius 2 is 1.74 bits per heavy atom. The van der Waals surface area contributed by atoms with Crippen molar-refractivity contribution in [1.82, 2.24) is 0 Å². The zero-order valence-electron chi connectivity index (χ0n) is 11.6. The highest BCUT2D eigenvalue weighted by atomic mass is 79.9. The molecular weight excluding hydrogens is 300 g/mol. The molecule has 0 radical (unpaired) electrons. The Balaban J connectivity index is 2.15. The van der Waals surface area contributed by atoms with Crippen molar-refractivity contribution in [3.05, 3.63) is 64.7 Å². The van der Waals surface area contributed by atoms with Gasteiger partial charge in [-0.25, -0.2) is 0 Å². The molecule has 0 saturated heterocycles. The number of benzene rings is 2. The maximum atomic E-state index is 5.25. The van der Waals surface area contributed by atoms with Gasteiger partial charge in [-0.15, -0.1) is 0 Å². The molecule has 0 aliphatic heterocycles. The van der Waals surface area contributed by atoms with E-state index in [0.29, 0.717) is 4.83 Å². The molecule has 0 bridgehead atoms. The standard InChI is InChI=1S/C17H19BrO/c1-12-4-6-14(7-5-12)11-17(18)16-9-8-15(19-3)10-13(16)2/h4-10,17H,11H2,1-3H3. The van der Waals surface area contributed by atoms with Crippen LogP contribution >= 0.6 is 15.9 Å². The summed E-state index contributed by atoms with van der Waals surface area (Å²) in [5, 5.41) is 0. The molecule has 0 fully saturated rings. The summed E-state index contributed by atoms with van der Waals surface area (Å²) >= 11 is 3.80. The summed E-state index contributed by atoms with van der Waals surface area (Å²) in [6.07, 6.45) is 0.994. The highest BCUT2D eigenvalue weighted by Gasteiger charge is 2.11. The van der Waals surface area contributed by atoms with Crippen LogP contribution in [0.3, 0.4) is 0 Å². The fraction of sp³-hybridized carbons (Fsp3) is 0.294. The Hall–Kier alpha value is -1.28. The molecule has 1 nitrogen and oxygen atoms in total. The minimum absolute atomic E-state index is 0.334. The quantitative estimate of drug-likeness (QED) is 0.721. The summed E-state index contributed by atoms with van der Waals surface area (Å²) in [6, 6.07) is 15.0. The van der Waals surface area contributed by atoms with Gasteiger partial charge in [-0.05, 0) is 49.1 Å². The molecule has 0 amide bonds.